The Morgan fingerprint density at radius 1 is 1.28 bits per heavy atom. The number of halogens is 3. The van der Waals surface area contributed by atoms with E-state index in [9.17, 15) is 22.8 Å². The van der Waals surface area contributed by atoms with Crippen LogP contribution < -0.4 is 21.1 Å². The predicted molar refractivity (Wildman–Crippen MR) is 122 cm³/mol. The summed E-state index contributed by atoms with van der Waals surface area (Å²) in [6.07, 6.45) is -1.16. The summed E-state index contributed by atoms with van der Waals surface area (Å²) < 4.78 is 45.9. The van der Waals surface area contributed by atoms with Gasteiger partial charge in [-0.2, -0.15) is 18.4 Å². The molecule has 4 rings (SSSR count). The van der Waals surface area contributed by atoms with Crippen LogP contribution in [-0.4, -0.2) is 85.9 Å². The highest BCUT2D eigenvalue weighted by Crippen LogP contribution is 2.35. The summed E-state index contributed by atoms with van der Waals surface area (Å²) in [6.45, 7) is 2.66. The molecular formula is C23H30F3N7O3. The molecule has 1 aromatic rings. The Hall–Kier alpha value is -2.95. The fourth-order valence-corrected chi connectivity index (χ4v) is 4.60. The Morgan fingerprint density at radius 2 is 2.03 bits per heavy atom. The molecule has 3 aliphatic rings. The number of aromatic nitrogens is 1. The number of alkyl halides is 3. The van der Waals surface area contributed by atoms with E-state index in [4.69, 9.17) is 10.00 Å². The number of ether oxygens (including phenoxy) is 1. The SMILES string of the molecule is N#Cc1ccc(N2CCN(C(=O)CCOC[C@@H](NC3CNNC(=O)C3C(F)(F)F)C3CC3)CC2)nc1. The molecule has 2 unspecified atom stereocenters. The van der Waals surface area contributed by atoms with E-state index in [2.05, 4.69) is 26.1 Å². The van der Waals surface area contributed by atoms with Crippen LogP contribution in [0.5, 0.6) is 0 Å². The maximum absolute atomic E-state index is 13.4. The molecular weight excluding hydrogens is 479 g/mol. The molecule has 1 aromatic heterocycles. The number of amides is 2. The number of hydrogen-bond donors (Lipinski definition) is 3. The molecule has 0 spiro atoms. The average molecular weight is 510 g/mol. The van der Waals surface area contributed by atoms with Gasteiger partial charge in [0.15, 0.2) is 5.92 Å². The Bertz CT molecular complexity index is 957. The molecule has 13 heteroatoms. The molecule has 10 nitrogen and oxygen atoms in total. The van der Waals surface area contributed by atoms with Gasteiger partial charge in [-0.1, -0.05) is 0 Å². The standard InChI is InChI=1S/C23H30F3N7O3/c24-23(25,26)21-17(13-29-31-22(21)35)30-18(16-2-3-16)14-36-10-5-20(34)33-8-6-32(7-9-33)19-4-1-15(11-27)12-28-19/h1,4,12,16-18,21,29-30H,2-3,5-10,13-14H2,(H,31,35)/t17?,18-,21?/m1/s1. The highest BCUT2D eigenvalue weighted by Gasteiger charge is 2.52. The fourth-order valence-electron chi connectivity index (χ4n) is 4.60. The Labute approximate surface area is 207 Å². The van der Waals surface area contributed by atoms with Crippen LogP contribution in [0.25, 0.3) is 0 Å². The number of nitrogens with zero attached hydrogens (tertiary/aromatic N) is 4. The smallest absolute Gasteiger partial charge is 0.379 e. The van der Waals surface area contributed by atoms with Gasteiger partial charge in [0.25, 0.3) is 0 Å². The molecule has 3 atom stereocenters. The summed E-state index contributed by atoms with van der Waals surface area (Å²) in [7, 11) is 0. The van der Waals surface area contributed by atoms with Gasteiger partial charge in [0.2, 0.25) is 11.8 Å². The summed E-state index contributed by atoms with van der Waals surface area (Å²) in [4.78, 5) is 32.5. The van der Waals surface area contributed by atoms with E-state index in [0.717, 1.165) is 18.7 Å². The summed E-state index contributed by atoms with van der Waals surface area (Å²) in [5.74, 6) is -2.30. The minimum absolute atomic E-state index is 0.0383. The predicted octanol–water partition coefficient (Wildman–Crippen LogP) is 0.558. The number of rotatable bonds is 9. The van der Waals surface area contributed by atoms with Crippen molar-refractivity contribution in [2.24, 2.45) is 11.8 Å². The van der Waals surface area contributed by atoms with Gasteiger partial charge >= 0.3 is 6.18 Å². The maximum Gasteiger partial charge on any atom is 0.402 e. The van der Waals surface area contributed by atoms with Gasteiger partial charge < -0.3 is 19.9 Å². The van der Waals surface area contributed by atoms with Crippen LogP contribution in [0, 0.1) is 23.2 Å². The molecule has 0 radical (unpaired) electrons. The lowest BCUT2D eigenvalue weighted by Crippen LogP contribution is -2.65. The number of pyridine rings is 1. The molecule has 3 fully saturated rings. The molecule has 2 aliphatic heterocycles. The third-order valence-electron chi connectivity index (χ3n) is 6.78. The lowest BCUT2D eigenvalue weighted by Gasteiger charge is -2.36. The Morgan fingerprint density at radius 3 is 2.64 bits per heavy atom. The summed E-state index contributed by atoms with van der Waals surface area (Å²) in [5, 5.41) is 11.9. The van der Waals surface area contributed by atoms with Gasteiger partial charge in [0.05, 0.1) is 25.2 Å². The van der Waals surface area contributed by atoms with Crippen LogP contribution in [0.3, 0.4) is 0 Å². The second-order valence-electron chi connectivity index (χ2n) is 9.32. The fraction of sp³-hybridized carbons (Fsp3) is 0.652. The van der Waals surface area contributed by atoms with Gasteiger partial charge in [-0.05, 0) is 30.9 Å². The van der Waals surface area contributed by atoms with Crippen molar-refractivity contribution in [1.29, 1.82) is 5.26 Å². The summed E-state index contributed by atoms with van der Waals surface area (Å²) >= 11 is 0. The van der Waals surface area contributed by atoms with Crippen molar-refractivity contribution in [2.45, 2.75) is 37.5 Å². The third kappa shape index (κ3) is 6.63. The number of carbonyl (C=O) groups is 2. The van der Waals surface area contributed by atoms with E-state index in [1.165, 1.54) is 6.20 Å². The first kappa shape index (κ1) is 26.1. The van der Waals surface area contributed by atoms with E-state index in [1.807, 2.05) is 6.07 Å². The van der Waals surface area contributed by atoms with Gasteiger partial charge in [0.1, 0.15) is 11.9 Å². The van der Waals surface area contributed by atoms with Crippen molar-refractivity contribution in [3.05, 3.63) is 23.9 Å². The maximum atomic E-state index is 13.4. The van der Waals surface area contributed by atoms with E-state index in [-0.39, 0.29) is 44.0 Å². The van der Waals surface area contributed by atoms with Crippen molar-refractivity contribution in [3.8, 4) is 6.07 Å². The topological polar surface area (TPSA) is 123 Å². The second kappa shape index (κ2) is 11.4. The Kier molecular flexibility index (Phi) is 8.28. The number of hydrazine groups is 1. The van der Waals surface area contributed by atoms with Crippen LogP contribution in [0.15, 0.2) is 18.3 Å². The van der Waals surface area contributed by atoms with Gasteiger partial charge in [-0.3, -0.25) is 15.0 Å². The molecule has 0 bridgehead atoms. The number of nitrogens with one attached hydrogen (secondary N) is 3. The van der Waals surface area contributed by atoms with Crippen LogP contribution >= 0.6 is 0 Å². The second-order valence-corrected chi connectivity index (χ2v) is 9.32. The minimum atomic E-state index is -4.65. The van der Waals surface area contributed by atoms with Gasteiger partial charge in [-0.15, -0.1) is 0 Å². The molecule has 0 aromatic carbocycles. The van der Waals surface area contributed by atoms with Crippen LogP contribution in [-0.2, 0) is 14.3 Å². The van der Waals surface area contributed by atoms with Crippen molar-refractivity contribution >= 4 is 17.6 Å². The van der Waals surface area contributed by atoms with E-state index in [0.29, 0.717) is 31.7 Å². The van der Waals surface area contributed by atoms with Crippen molar-refractivity contribution in [2.75, 3.05) is 50.8 Å². The molecule has 3 N–H and O–H groups in total. The summed E-state index contributed by atoms with van der Waals surface area (Å²) in [6, 6.07) is 4.14. The number of nitriles is 1. The molecule has 2 saturated heterocycles. The molecule has 2 amide bonds. The molecule has 36 heavy (non-hydrogen) atoms. The lowest BCUT2D eigenvalue weighted by molar-refractivity contribution is -0.193. The van der Waals surface area contributed by atoms with E-state index in [1.54, 1.807) is 17.0 Å². The van der Waals surface area contributed by atoms with Crippen LogP contribution in [0.4, 0.5) is 19.0 Å². The van der Waals surface area contributed by atoms with Gasteiger partial charge in [0, 0.05) is 51.0 Å². The molecule has 3 heterocycles. The van der Waals surface area contributed by atoms with Gasteiger partial charge in [-0.25, -0.2) is 10.4 Å². The largest absolute Gasteiger partial charge is 0.402 e. The number of anilines is 1. The normalized spacial score (nSPS) is 23.7. The van der Waals surface area contributed by atoms with Crippen molar-refractivity contribution in [3.63, 3.8) is 0 Å². The zero-order chi connectivity index (χ0) is 25.7. The number of piperazine rings is 1. The first-order valence-electron chi connectivity index (χ1n) is 12.1. The highest BCUT2D eigenvalue weighted by atomic mass is 19.4. The lowest BCUT2D eigenvalue weighted by atomic mass is 9.95. The monoisotopic (exact) mass is 509 g/mol. The van der Waals surface area contributed by atoms with Crippen molar-refractivity contribution < 1.29 is 27.5 Å². The van der Waals surface area contributed by atoms with Crippen LogP contribution in [0.2, 0.25) is 0 Å². The first-order chi connectivity index (χ1) is 17.3. The quantitative estimate of drug-likeness (QED) is 0.413. The highest BCUT2D eigenvalue weighted by molar-refractivity contribution is 5.80. The first-order valence-corrected chi connectivity index (χ1v) is 12.1. The minimum Gasteiger partial charge on any atom is -0.379 e. The molecule has 1 aliphatic carbocycles. The van der Waals surface area contributed by atoms with E-state index < -0.39 is 24.0 Å². The van der Waals surface area contributed by atoms with Crippen LogP contribution in [0.1, 0.15) is 24.8 Å². The number of hydrogen-bond acceptors (Lipinski definition) is 8. The number of carbonyl (C=O) groups excluding carboxylic acids is 2. The summed E-state index contributed by atoms with van der Waals surface area (Å²) in [5.41, 5.74) is 5.07. The molecule has 1 saturated carbocycles. The molecule has 196 valence electrons. The zero-order valence-corrected chi connectivity index (χ0v) is 19.8. The Balaban J connectivity index is 1.19. The zero-order valence-electron chi connectivity index (χ0n) is 19.8. The third-order valence-corrected chi connectivity index (χ3v) is 6.78. The van der Waals surface area contributed by atoms with E-state index >= 15 is 0 Å². The van der Waals surface area contributed by atoms with Crippen molar-refractivity contribution in [1.82, 2.24) is 26.1 Å². The average Bonchev–Trinajstić information content (AvgIpc) is 3.71.